The van der Waals surface area contributed by atoms with Gasteiger partial charge in [-0.3, -0.25) is 4.79 Å². The predicted molar refractivity (Wildman–Crippen MR) is 58.9 cm³/mol. The number of carbonyl (C=O) groups excluding carboxylic acids is 1. The zero-order chi connectivity index (χ0) is 13.6. The van der Waals surface area contributed by atoms with E-state index < -0.39 is 36.7 Å². The number of hydrogen-bond donors (Lipinski definition) is 4. The zero-order valence-corrected chi connectivity index (χ0v) is 10.5. The molecule has 7 nitrogen and oxygen atoms in total. The summed E-state index contributed by atoms with van der Waals surface area (Å²) in [5, 5.41) is 30.4. The van der Waals surface area contributed by atoms with Gasteiger partial charge in [0.15, 0.2) is 12.6 Å². The van der Waals surface area contributed by atoms with Crippen LogP contribution in [0.2, 0.25) is 0 Å². The first-order valence-electron chi connectivity index (χ1n) is 5.47. The number of methoxy groups -OCH3 is 1. The van der Waals surface area contributed by atoms with Crippen LogP contribution in [0.15, 0.2) is 0 Å². The van der Waals surface area contributed by atoms with Gasteiger partial charge < -0.3 is 30.1 Å². The molecule has 0 saturated carbocycles. The van der Waals surface area contributed by atoms with Crippen LogP contribution < -0.4 is 5.32 Å². The lowest BCUT2D eigenvalue weighted by Gasteiger charge is -2.40. The number of amides is 1. The highest BCUT2D eigenvalue weighted by molar-refractivity contribution is 5.73. The molecule has 0 radical (unpaired) electrons. The number of carbonyl (C=O) groups is 1. The van der Waals surface area contributed by atoms with Crippen LogP contribution in [0.1, 0.15) is 20.8 Å². The quantitative estimate of drug-likeness (QED) is 0.479. The van der Waals surface area contributed by atoms with Crippen molar-refractivity contribution in [3.05, 3.63) is 0 Å². The van der Waals surface area contributed by atoms with Crippen LogP contribution in [0.4, 0.5) is 0 Å². The van der Waals surface area contributed by atoms with Gasteiger partial charge in [0.25, 0.3) is 0 Å². The van der Waals surface area contributed by atoms with Crippen LogP contribution in [0.5, 0.6) is 0 Å². The second kappa shape index (κ2) is 7.57. The first kappa shape index (κ1) is 16.3. The maximum absolute atomic E-state index is 10.8. The maximum Gasteiger partial charge on any atom is 0.217 e. The average Bonchev–Trinajstić information content (AvgIpc) is 2.32. The molecular formula is C10H21NO6. The number of rotatable bonds is 2. The Morgan fingerprint density at radius 1 is 1.24 bits per heavy atom. The minimum absolute atomic E-state index is 0.395. The highest BCUT2D eigenvalue weighted by Gasteiger charge is 2.44. The second-order valence-corrected chi connectivity index (χ2v) is 3.34. The number of hydrogen-bond acceptors (Lipinski definition) is 6. The third-order valence-electron chi connectivity index (χ3n) is 2.18. The molecular weight excluding hydrogens is 230 g/mol. The van der Waals surface area contributed by atoms with Crippen molar-refractivity contribution in [3.8, 4) is 0 Å². The summed E-state index contributed by atoms with van der Waals surface area (Å²) in [6, 6.07) is -0.911. The van der Waals surface area contributed by atoms with E-state index in [0.29, 0.717) is 0 Å². The Morgan fingerprint density at radius 2 is 1.76 bits per heavy atom. The highest BCUT2D eigenvalue weighted by atomic mass is 16.7. The Labute approximate surface area is 100 Å². The van der Waals surface area contributed by atoms with Gasteiger partial charge in [-0.25, -0.2) is 0 Å². The van der Waals surface area contributed by atoms with E-state index in [1.165, 1.54) is 14.0 Å². The Morgan fingerprint density at radius 3 is 2.18 bits per heavy atom. The zero-order valence-electron chi connectivity index (χ0n) is 10.5. The van der Waals surface area contributed by atoms with Crippen LogP contribution in [0.25, 0.3) is 0 Å². The third kappa shape index (κ3) is 4.21. The molecule has 0 spiro atoms. The standard InChI is InChI=1S/C8H15NO6.C2H6/c1-3(10)9-4-5(11)6(12)7(13)15-8(4)14-2;1-2/h4-8,11-13H,1-2H3,(H,9,10);1-2H3/t4-,5-,6-,7+,8-;/m1./s1. The summed E-state index contributed by atoms with van der Waals surface area (Å²) < 4.78 is 9.67. The Bertz CT molecular complexity index is 235. The molecule has 0 bridgehead atoms. The first-order chi connectivity index (χ1) is 7.97. The first-order valence-corrected chi connectivity index (χ1v) is 5.47. The molecule has 1 fully saturated rings. The smallest absolute Gasteiger partial charge is 0.217 e. The Balaban J connectivity index is 0.00000121. The maximum atomic E-state index is 10.8. The number of ether oxygens (including phenoxy) is 2. The second-order valence-electron chi connectivity index (χ2n) is 3.34. The molecule has 5 atom stereocenters. The summed E-state index contributed by atoms with van der Waals surface area (Å²) in [7, 11) is 1.30. The SMILES string of the molecule is CC.CO[C@@H]1O[C@H](O)[C@H](O)[C@H](O)[C@H]1NC(C)=O. The van der Waals surface area contributed by atoms with Crippen LogP contribution in [0, 0.1) is 0 Å². The van der Waals surface area contributed by atoms with E-state index in [-0.39, 0.29) is 0 Å². The van der Waals surface area contributed by atoms with Crippen molar-refractivity contribution in [2.75, 3.05) is 7.11 Å². The van der Waals surface area contributed by atoms with Crippen molar-refractivity contribution < 1.29 is 29.6 Å². The van der Waals surface area contributed by atoms with E-state index in [4.69, 9.17) is 9.47 Å². The lowest BCUT2D eigenvalue weighted by Crippen LogP contribution is -2.63. The molecule has 1 saturated heterocycles. The molecule has 0 aromatic rings. The summed E-state index contributed by atoms with van der Waals surface area (Å²) >= 11 is 0. The van der Waals surface area contributed by atoms with Crippen molar-refractivity contribution in [2.45, 2.75) is 51.6 Å². The molecule has 17 heavy (non-hydrogen) atoms. The fourth-order valence-electron chi connectivity index (χ4n) is 1.43. The van der Waals surface area contributed by atoms with Crippen molar-refractivity contribution in [1.29, 1.82) is 0 Å². The Kier molecular flexibility index (Phi) is 7.24. The summed E-state index contributed by atoms with van der Waals surface area (Å²) in [5.41, 5.74) is 0. The van der Waals surface area contributed by atoms with Gasteiger partial charge in [0.1, 0.15) is 18.2 Å². The fraction of sp³-hybridized carbons (Fsp3) is 0.900. The van der Waals surface area contributed by atoms with Crippen molar-refractivity contribution in [2.24, 2.45) is 0 Å². The van der Waals surface area contributed by atoms with Gasteiger partial charge in [-0.15, -0.1) is 0 Å². The van der Waals surface area contributed by atoms with Gasteiger partial charge in [-0.2, -0.15) is 0 Å². The normalized spacial score (nSPS) is 36.8. The topological polar surface area (TPSA) is 108 Å². The highest BCUT2D eigenvalue weighted by Crippen LogP contribution is 2.20. The monoisotopic (exact) mass is 251 g/mol. The van der Waals surface area contributed by atoms with Crippen molar-refractivity contribution in [3.63, 3.8) is 0 Å². The fourth-order valence-corrected chi connectivity index (χ4v) is 1.43. The number of nitrogens with one attached hydrogen (secondary N) is 1. The number of aliphatic hydroxyl groups is 3. The van der Waals surface area contributed by atoms with Gasteiger partial charge in [0.2, 0.25) is 5.91 Å². The molecule has 102 valence electrons. The summed E-state index contributed by atoms with van der Waals surface area (Å²) in [5.74, 6) is -0.395. The van der Waals surface area contributed by atoms with Gasteiger partial charge in [0, 0.05) is 14.0 Å². The largest absolute Gasteiger partial charge is 0.388 e. The van der Waals surface area contributed by atoms with Crippen LogP contribution in [-0.2, 0) is 14.3 Å². The van der Waals surface area contributed by atoms with Gasteiger partial charge in [-0.1, -0.05) is 13.8 Å². The minimum Gasteiger partial charge on any atom is -0.388 e. The van der Waals surface area contributed by atoms with E-state index in [2.05, 4.69) is 5.32 Å². The van der Waals surface area contributed by atoms with E-state index >= 15 is 0 Å². The number of aliphatic hydroxyl groups excluding tert-OH is 3. The van der Waals surface area contributed by atoms with Gasteiger partial charge in [-0.05, 0) is 0 Å². The van der Waals surface area contributed by atoms with Crippen molar-refractivity contribution >= 4 is 5.91 Å². The van der Waals surface area contributed by atoms with Crippen LogP contribution >= 0.6 is 0 Å². The Hall–Kier alpha value is -0.730. The summed E-state index contributed by atoms with van der Waals surface area (Å²) in [4.78, 5) is 10.8. The van der Waals surface area contributed by atoms with E-state index in [1.807, 2.05) is 13.8 Å². The average molecular weight is 251 g/mol. The molecule has 1 amide bonds. The van der Waals surface area contributed by atoms with E-state index in [0.717, 1.165) is 0 Å². The minimum atomic E-state index is -1.53. The molecule has 1 aliphatic rings. The lowest BCUT2D eigenvalue weighted by atomic mass is 10.0. The molecule has 1 aliphatic heterocycles. The molecule has 0 unspecified atom stereocenters. The molecule has 0 aromatic heterocycles. The van der Waals surface area contributed by atoms with Gasteiger partial charge >= 0.3 is 0 Å². The van der Waals surface area contributed by atoms with Crippen LogP contribution in [-0.4, -0.2) is 59.2 Å². The van der Waals surface area contributed by atoms with E-state index in [1.54, 1.807) is 0 Å². The molecule has 0 aliphatic carbocycles. The summed E-state index contributed by atoms with van der Waals surface area (Å²) in [6.45, 7) is 5.26. The predicted octanol–water partition coefficient (Wildman–Crippen LogP) is -1.44. The molecule has 0 aromatic carbocycles. The molecule has 1 rings (SSSR count). The van der Waals surface area contributed by atoms with E-state index in [9.17, 15) is 20.1 Å². The molecule has 4 N–H and O–H groups in total. The summed E-state index contributed by atoms with van der Waals surface area (Å²) in [6.07, 6.45) is -5.35. The molecule has 7 heteroatoms. The van der Waals surface area contributed by atoms with Gasteiger partial charge in [0.05, 0.1) is 0 Å². The third-order valence-corrected chi connectivity index (χ3v) is 2.18. The lowest BCUT2D eigenvalue weighted by molar-refractivity contribution is -0.310. The van der Waals surface area contributed by atoms with Crippen molar-refractivity contribution in [1.82, 2.24) is 5.32 Å². The molecule has 1 heterocycles. The van der Waals surface area contributed by atoms with Crippen LogP contribution in [0.3, 0.4) is 0 Å².